The number of nitrogens with zero attached hydrogens (tertiary/aromatic N) is 2. The van der Waals surface area contributed by atoms with Gasteiger partial charge in [-0.15, -0.1) is 0 Å². The molecule has 0 aromatic heterocycles. The minimum Gasteiger partial charge on any atom is -0.493 e. The summed E-state index contributed by atoms with van der Waals surface area (Å²) in [5, 5.41) is 3.14. The molecule has 3 rings (SSSR count). The van der Waals surface area contributed by atoms with Crippen molar-refractivity contribution in [3.05, 3.63) is 81.8 Å². The van der Waals surface area contributed by atoms with Gasteiger partial charge in [0, 0.05) is 35.3 Å². The van der Waals surface area contributed by atoms with Crippen LogP contribution in [0.3, 0.4) is 0 Å². The highest BCUT2D eigenvalue weighted by atomic mass is 35.5. The van der Waals surface area contributed by atoms with Gasteiger partial charge in [-0.2, -0.15) is 0 Å². The van der Waals surface area contributed by atoms with E-state index in [1.54, 1.807) is 36.4 Å². The van der Waals surface area contributed by atoms with E-state index in [2.05, 4.69) is 5.32 Å². The molecule has 0 bridgehead atoms. The zero-order valence-electron chi connectivity index (χ0n) is 22.8. The van der Waals surface area contributed by atoms with Crippen molar-refractivity contribution in [2.75, 3.05) is 32.1 Å². The lowest BCUT2D eigenvalue weighted by Crippen LogP contribution is -2.50. The highest BCUT2D eigenvalue weighted by Gasteiger charge is 2.33. The summed E-state index contributed by atoms with van der Waals surface area (Å²) in [5.74, 6) is -0.448. The van der Waals surface area contributed by atoms with Crippen LogP contribution in [0.5, 0.6) is 11.5 Å². The summed E-state index contributed by atoms with van der Waals surface area (Å²) in [4.78, 5) is 27.8. The Hall–Kier alpha value is -3.47. The smallest absolute Gasteiger partial charge is 0.264 e. The van der Waals surface area contributed by atoms with E-state index in [1.807, 2.05) is 6.92 Å². The van der Waals surface area contributed by atoms with Crippen molar-refractivity contribution in [1.82, 2.24) is 10.2 Å². The number of sulfonamides is 1. The standard InChI is InChI=1S/C28H31Cl2N3O6S/c1-18-9-12-21(13-10-18)40(36,37)33(20-11-14-25(38-4)26(15-20)39-5)17-27(34)32(19(2)28(35)31-3)16-22-23(29)7-6-8-24(22)30/h6-15,19H,16-17H2,1-5H3,(H,31,35)/t19-/m1/s1. The predicted molar refractivity (Wildman–Crippen MR) is 156 cm³/mol. The molecule has 0 saturated carbocycles. The molecular weight excluding hydrogens is 577 g/mol. The number of carbonyl (C=O) groups is 2. The summed E-state index contributed by atoms with van der Waals surface area (Å²) in [6.07, 6.45) is 0. The second-order valence-electron chi connectivity index (χ2n) is 8.88. The van der Waals surface area contributed by atoms with Crippen LogP contribution in [0.4, 0.5) is 5.69 Å². The number of likely N-dealkylation sites (N-methyl/N-ethyl adjacent to an activating group) is 1. The van der Waals surface area contributed by atoms with Crippen molar-refractivity contribution in [3.63, 3.8) is 0 Å². The Morgan fingerprint density at radius 2 is 1.55 bits per heavy atom. The van der Waals surface area contributed by atoms with Crippen LogP contribution in [-0.4, -0.2) is 59.0 Å². The lowest BCUT2D eigenvalue weighted by atomic mass is 10.1. The van der Waals surface area contributed by atoms with Gasteiger partial charge in [-0.3, -0.25) is 13.9 Å². The summed E-state index contributed by atoms with van der Waals surface area (Å²) in [6.45, 7) is 2.62. The Morgan fingerprint density at radius 1 is 0.950 bits per heavy atom. The molecule has 3 aromatic rings. The van der Waals surface area contributed by atoms with Gasteiger partial charge in [0.25, 0.3) is 10.0 Å². The number of ether oxygens (including phenoxy) is 2. The SMILES string of the molecule is CNC(=O)[C@@H](C)N(Cc1c(Cl)cccc1Cl)C(=O)CN(c1ccc(OC)c(OC)c1)S(=O)(=O)c1ccc(C)cc1. The summed E-state index contributed by atoms with van der Waals surface area (Å²) < 4.78 is 39.5. The summed E-state index contributed by atoms with van der Waals surface area (Å²) in [6, 6.07) is 14.7. The van der Waals surface area contributed by atoms with Gasteiger partial charge in [0.1, 0.15) is 12.6 Å². The van der Waals surface area contributed by atoms with Crippen LogP contribution in [-0.2, 0) is 26.2 Å². The molecule has 0 aliphatic heterocycles. The van der Waals surface area contributed by atoms with E-state index in [1.165, 1.54) is 57.4 Å². The van der Waals surface area contributed by atoms with E-state index in [-0.39, 0.29) is 22.9 Å². The molecule has 0 heterocycles. The maximum Gasteiger partial charge on any atom is 0.264 e. The Kier molecular flexibility index (Phi) is 10.3. The zero-order chi connectivity index (χ0) is 29.6. The highest BCUT2D eigenvalue weighted by Crippen LogP contribution is 2.34. The first-order chi connectivity index (χ1) is 18.9. The Balaban J connectivity index is 2.12. The second kappa shape index (κ2) is 13.3. The molecule has 0 aliphatic rings. The second-order valence-corrected chi connectivity index (χ2v) is 11.6. The molecular formula is C28H31Cl2N3O6S. The Labute approximate surface area is 244 Å². The van der Waals surface area contributed by atoms with Gasteiger partial charge < -0.3 is 19.7 Å². The first kappa shape index (κ1) is 31.1. The molecule has 2 amide bonds. The van der Waals surface area contributed by atoms with Crippen LogP contribution in [0.1, 0.15) is 18.1 Å². The van der Waals surface area contributed by atoms with E-state index in [0.717, 1.165) is 9.87 Å². The molecule has 40 heavy (non-hydrogen) atoms. The van der Waals surface area contributed by atoms with Crippen LogP contribution in [0.2, 0.25) is 10.0 Å². The van der Waals surface area contributed by atoms with Crippen molar-refractivity contribution in [2.45, 2.75) is 31.3 Å². The number of amides is 2. The first-order valence-electron chi connectivity index (χ1n) is 12.2. The average molecular weight is 609 g/mol. The number of aryl methyl sites for hydroxylation is 1. The number of nitrogens with one attached hydrogen (secondary N) is 1. The molecule has 0 radical (unpaired) electrons. The number of hydrogen-bond donors (Lipinski definition) is 1. The summed E-state index contributed by atoms with van der Waals surface area (Å²) >= 11 is 12.7. The van der Waals surface area contributed by atoms with Crippen molar-refractivity contribution >= 4 is 50.7 Å². The Morgan fingerprint density at radius 3 is 2.10 bits per heavy atom. The summed E-state index contributed by atoms with van der Waals surface area (Å²) in [5.41, 5.74) is 1.46. The zero-order valence-corrected chi connectivity index (χ0v) is 25.1. The van der Waals surface area contributed by atoms with Crippen molar-refractivity contribution in [1.29, 1.82) is 0 Å². The van der Waals surface area contributed by atoms with Crippen LogP contribution < -0.4 is 19.1 Å². The van der Waals surface area contributed by atoms with Crippen molar-refractivity contribution in [2.24, 2.45) is 0 Å². The molecule has 0 unspecified atom stereocenters. The fourth-order valence-electron chi connectivity index (χ4n) is 3.99. The predicted octanol–water partition coefficient (Wildman–Crippen LogP) is 4.68. The number of halogens is 2. The third kappa shape index (κ3) is 6.80. The maximum atomic E-state index is 13.9. The fraction of sp³-hybridized carbons (Fsp3) is 0.286. The number of methoxy groups -OCH3 is 2. The molecule has 0 fully saturated rings. The molecule has 3 aromatic carbocycles. The molecule has 12 heteroatoms. The van der Waals surface area contributed by atoms with Crippen LogP contribution in [0.15, 0.2) is 65.6 Å². The molecule has 9 nitrogen and oxygen atoms in total. The van der Waals surface area contributed by atoms with Gasteiger partial charge in [-0.1, -0.05) is 47.0 Å². The van der Waals surface area contributed by atoms with E-state index in [9.17, 15) is 18.0 Å². The number of carbonyl (C=O) groups excluding carboxylic acids is 2. The van der Waals surface area contributed by atoms with E-state index >= 15 is 0 Å². The van der Waals surface area contributed by atoms with E-state index in [0.29, 0.717) is 21.4 Å². The van der Waals surface area contributed by atoms with Crippen molar-refractivity contribution in [3.8, 4) is 11.5 Å². The van der Waals surface area contributed by atoms with Gasteiger partial charge >= 0.3 is 0 Å². The van der Waals surface area contributed by atoms with Gasteiger partial charge in [0.2, 0.25) is 11.8 Å². The molecule has 0 saturated heterocycles. The normalized spacial score (nSPS) is 11.9. The first-order valence-corrected chi connectivity index (χ1v) is 14.4. The highest BCUT2D eigenvalue weighted by molar-refractivity contribution is 7.92. The van der Waals surface area contributed by atoms with Gasteiger partial charge in [0.05, 0.1) is 24.8 Å². The molecule has 0 spiro atoms. The molecule has 214 valence electrons. The minimum absolute atomic E-state index is 0.0132. The average Bonchev–Trinajstić information content (AvgIpc) is 2.94. The van der Waals surface area contributed by atoms with E-state index in [4.69, 9.17) is 32.7 Å². The quantitative estimate of drug-likeness (QED) is 0.339. The third-order valence-electron chi connectivity index (χ3n) is 6.35. The molecule has 1 N–H and O–H groups in total. The number of rotatable bonds is 11. The Bertz CT molecular complexity index is 1460. The van der Waals surface area contributed by atoms with Gasteiger partial charge in [-0.25, -0.2) is 8.42 Å². The lowest BCUT2D eigenvalue weighted by Gasteiger charge is -2.32. The fourth-order valence-corrected chi connectivity index (χ4v) is 5.91. The van der Waals surface area contributed by atoms with Crippen LogP contribution in [0.25, 0.3) is 0 Å². The number of hydrogen-bond acceptors (Lipinski definition) is 6. The number of benzene rings is 3. The maximum absolute atomic E-state index is 13.9. The largest absolute Gasteiger partial charge is 0.493 e. The third-order valence-corrected chi connectivity index (χ3v) is 8.84. The molecule has 1 atom stereocenters. The monoisotopic (exact) mass is 607 g/mol. The van der Waals surface area contributed by atoms with Gasteiger partial charge in [-0.05, 0) is 50.2 Å². The summed E-state index contributed by atoms with van der Waals surface area (Å²) in [7, 11) is 0.0787. The topological polar surface area (TPSA) is 105 Å². The number of anilines is 1. The van der Waals surface area contributed by atoms with Crippen LogP contribution >= 0.6 is 23.2 Å². The van der Waals surface area contributed by atoms with Crippen LogP contribution in [0, 0.1) is 6.92 Å². The minimum atomic E-state index is -4.25. The van der Waals surface area contributed by atoms with Crippen molar-refractivity contribution < 1.29 is 27.5 Å². The lowest BCUT2D eigenvalue weighted by molar-refractivity contribution is -0.139. The molecule has 0 aliphatic carbocycles. The van der Waals surface area contributed by atoms with E-state index < -0.39 is 34.4 Å². The van der Waals surface area contributed by atoms with Gasteiger partial charge in [0.15, 0.2) is 11.5 Å².